The number of carbonyl (C=O) groups is 1. The van der Waals surface area contributed by atoms with Crippen LogP contribution in [0, 0.1) is 6.92 Å². The first kappa shape index (κ1) is 24.0. The molecule has 0 unspecified atom stereocenters. The molecule has 0 radical (unpaired) electrons. The Kier molecular flexibility index (Phi) is 7.73. The van der Waals surface area contributed by atoms with Gasteiger partial charge in [0, 0.05) is 11.6 Å². The average molecular weight is 465 g/mol. The summed E-state index contributed by atoms with van der Waals surface area (Å²) in [5.74, 6) is -0.588. The third kappa shape index (κ3) is 6.35. The lowest BCUT2D eigenvalue weighted by atomic mass is 10.1. The molecule has 164 valence electrons. The molecule has 0 aliphatic carbocycles. The number of amides is 1. The van der Waals surface area contributed by atoms with Crippen LogP contribution in [0.3, 0.4) is 0 Å². The number of anilines is 1. The number of hydrogen-bond acceptors (Lipinski definition) is 4. The molecule has 0 aliphatic heterocycles. The Balaban J connectivity index is 2.07. The molecular weight excluding hydrogens is 445 g/mol. The number of benzene rings is 2. The molecule has 30 heavy (non-hydrogen) atoms. The monoisotopic (exact) mass is 464 g/mol. The van der Waals surface area contributed by atoms with Crippen LogP contribution in [0.2, 0.25) is 5.02 Å². The predicted molar refractivity (Wildman–Crippen MR) is 107 cm³/mol. The van der Waals surface area contributed by atoms with Crippen LogP contribution in [0.5, 0.6) is 5.75 Å². The molecule has 0 spiro atoms. The Morgan fingerprint density at radius 1 is 1.17 bits per heavy atom. The first-order valence-corrected chi connectivity index (χ1v) is 10.7. The van der Waals surface area contributed by atoms with Crippen LogP contribution in [0.15, 0.2) is 41.3 Å². The van der Waals surface area contributed by atoms with E-state index in [4.69, 9.17) is 16.3 Å². The summed E-state index contributed by atoms with van der Waals surface area (Å²) >= 11 is 5.61. The molecule has 2 N–H and O–H groups in total. The number of rotatable bonds is 8. The quantitative estimate of drug-likeness (QED) is 0.607. The molecule has 0 fully saturated rings. The van der Waals surface area contributed by atoms with Gasteiger partial charge in [-0.1, -0.05) is 18.5 Å². The Morgan fingerprint density at radius 3 is 2.47 bits per heavy atom. The molecule has 0 heterocycles. The minimum Gasteiger partial charge on any atom is -0.483 e. The smallest absolute Gasteiger partial charge is 0.418 e. The van der Waals surface area contributed by atoms with E-state index >= 15 is 0 Å². The van der Waals surface area contributed by atoms with Gasteiger partial charge in [-0.15, -0.1) is 0 Å². The number of sulfonamides is 1. The second kappa shape index (κ2) is 9.67. The molecule has 1 amide bonds. The number of nitrogens with one attached hydrogen (secondary N) is 2. The normalized spacial score (nSPS) is 11.9. The fraction of sp³-hybridized carbons (Fsp3) is 0.316. The number of ether oxygens (including phenoxy) is 1. The van der Waals surface area contributed by atoms with Gasteiger partial charge in [-0.25, -0.2) is 13.1 Å². The summed E-state index contributed by atoms with van der Waals surface area (Å²) < 4.78 is 71.4. The molecule has 0 aromatic heterocycles. The molecule has 0 bridgehead atoms. The van der Waals surface area contributed by atoms with Gasteiger partial charge in [-0.05, 0) is 55.3 Å². The van der Waals surface area contributed by atoms with Crippen molar-refractivity contribution >= 4 is 33.2 Å². The lowest BCUT2D eigenvalue weighted by Gasteiger charge is -2.15. The number of aryl methyl sites for hydroxylation is 1. The van der Waals surface area contributed by atoms with Crippen molar-refractivity contribution in [3.8, 4) is 5.75 Å². The van der Waals surface area contributed by atoms with E-state index in [1.54, 1.807) is 6.92 Å². The van der Waals surface area contributed by atoms with E-state index in [9.17, 15) is 26.4 Å². The van der Waals surface area contributed by atoms with Crippen LogP contribution in [-0.4, -0.2) is 27.5 Å². The molecule has 2 aromatic rings. The zero-order valence-corrected chi connectivity index (χ0v) is 17.7. The maximum absolute atomic E-state index is 13.1. The van der Waals surface area contributed by atoms with E-state index in [1.807, 2.05) is 6.92 Å². The summed E-state index contributed by atoms with van der Waals surface area (Å²) in [7, 11) is -3.66. The maximum Gasteiger partial charge on any atom is 0.418 e. The molecule has 0 saturated heterocycles. The highest BCUT2D eigenvalue weighted by molar-refractivity contribution is 7.89. The van der Waals surface area contributed by atoms with Crippen molar-refractivity contribution in [2.45, 2.75) is 31.3 Å². The number of alkyl halides is 3. The van der Waals surface area contributed by atoms with Gasteiger partial charge in [0.2, 0.25) is 10.0 Å². The third-order valence-electron chi connectivity index (χ3n) is 3.92. The van der Waals surface area contributed by atoms with Crippen LogP contribution in [0.25, 0.3) is 0 Å². The number of carbonyl (C=O) groups excluding carboxylic acids is 1. The topological polar surface area (TPSA) is 84.5 Å². The standard InChI is InChI=1S/C19H20ClF3N2O4S/c1-3-8-24-30(27,28)14-5-7-17(12(2)9-14)29-11-18(26)25-16-6-4-13(20)10-15(16)19(21,22)23/h4-7,9-10,24H,3,8,11H2,1-2H3,(H,25,26). The van der Waals surface area contributed by atoms with E-state index in [-0.39, 0.29) is 15.7 Å². The second-order valence-corrected chi connectivity index (χ2v) is 8.55. The van der Waals surface area contributed by atoms with Crippen molar-refractivity contribution < 1.29 is 31.1 Å². The van der Waals surface area contributed by atoms with Gasteiger partial charge in [-0.3, -0.25) is 4.79 Å². The van der Waals surface area contributed by atoms with Gasteiger partial charge in [0.05, 0.1) is 16.1 Å². The Morgan fingerprint density at radius 2 is 1.87 bits per heavy atom. The minimum atomic E-state index is -4.70. The molecule has 0 aliphatic rings. The van der Waals surface area contributed by atoms with Crippen molar-refractivity contribution in [2.75, 3.05) is 18.5 Å². The lowest BCUT2D eigenvalue weighted by molar-refractivity contribution is -0.137. The third-order valence-corrected chi connectivity index (χ3v) is 5.61. The first-order valence-electron chi connectivity index (χ1n) is 8.83. The molecular formula is C19H20ClF3N2O4S. The highest BCUT2D eigenvalue weighted by Crippen LogP contribution is 2.36. The second-order valence-electron chi connectivity index (χ2n) is 6.35. The summed E-state index contributed by atoms with van der Waals surface area (Å²) in [6.45, 7) is 3.15. The molecule has 0 saturated carbocycles. The summed E-state index contributed by atoms with van der Waals surface area (Å²) in [4.78, 5) is 12.1. The summed E-state index contributed by atoms with van der Waals surface area (Å²) in [5, 5.41) is 2.03. The van der Waals surface area contributed by atoms with E-state index in [2.05, 4.69) is 10.0 Å². The largest absolute Gasteiger partial charge is 0.483 e. The Hall–Kier alpha value is -2.30. The minimum absolute atomic E-state index is 0.0428. The summed E-state index contributed by atoms with van der Waals surface area (Å²) in [6.07, 6.45) is -4.06. The van der Waals surface area contributed by atoms with Crippen molar-refractivity contribution in [2.24, 2.45) is 0 Å². The summed E-state index contributed by atoms with van der Waals surface area (Å²) in [6, 6.07) is 7.08. The van der Waals surface area contributed by atoms with E-state index < -0.39 is 40.0 Å². The van der Waals surface area contributed by atoms with Crippen LogP contribution in [0.4, 0.5) is 18.9 Å². The van der Waals surface area contributed by atoms with Crippen molar-refractivity contribution in [1.82, 2.24) is 4.72 Å². The number of halogens is 4. The average Bonchev–Trinajstić information content (AvgIpc) is 2.66. The highest BCUT2D eigenvalue weighted by atomic mass is 35.5. The fourth-order valence-corrected chi connectivity index (χ4v) is 3.85. The summed E-state index contributed by atoms with van der Waals surface area (Å²) in [5.41, 5.74) is -1.07. The SMILES string of the molecule is CCCNS(=O)(=O)c1ccc(OCC(=O)Nc2ccc(Cl)cc2C(F)(F)F)c(C)c1. The van der Waals surface area contributed by atoms with Crippen LogP contribution in [0.1, 0.15) is 24.5 Å². The van der Waals surface area contributed by atoms with Crippen LogP contribution < -0.4 is 14.8 Å². The van der Waals surface area contributed by atoms with Gasteiger partial charge >= 0.3 is 6.18 Å². The van der Waals surface area contributed by atoms with Gasteiger partial charge in [0.1, 0.15) is 5.75 Å². The highest BCUT2D eigenvalue weighted by Gasteiger charge is 2.34. The van der Waals surface area contributed by atoms with Gasteiger partial charge in [0.15, 0.2) is 6.61 Å². The van der Waals surface area contributed by atoms with Crippen molar-refractivity contribution in [3.05, 3.63) is 52.5 Å². The van der Waals surface area contributed by atoms with Crippen molar-refractivity contribution in [1.29, 1.82) is 0 Å². The van der Waals surface area contributed by atoms with E-state index in [0.29, 0.717) is 24.6 Å². The van der Waals surface area contributed by atoms with Gasteiger partial charge in [-0.2, -0.15) is 13.2 Å². The molecule has 11 heteroatoms. The predicted octanol–water partition coefficient (Wildman–Crippen LogP) is 4.37. The molecule has 0 atom stereocenters. The van der Waals surface area contributed by atoms with E-state index in [0.717, 1.165) is 6.07 Å². The zero-order valence-electron chi connectivity index (χ0n) is 16.1. The first-order chi connectivity index (χ1) is 13.9. The van der Waals surface area contributed by atoms with Crippen LogP contribution >= 0.6 is 11.6 Å². The molecule has 6 nitrogen and oxygen atoms in total. The Bertz CT molecular complexity index is 1030. The maximum atomic E-state index is 13.1. The van der Waals surface area contributed by atoms with Crippen LogP contribution in [-0.2, 0) is 21.0 Å². The Labute approximate surface area is 177 Å². The zero-order chi connectivity index (χ0) is 22.5. The van der Waals surface area contributed by atoms with E-state index in [1.165, 1.54) is 24.3 Å². The number of hydrogen-bond donors (Lipinski definition) is 2. The lowest BCUT2D eigenvalue weighted by Crippen LogP contribution is -2.24. The van der Waals surface area contributed by atoms with Crippen molar-refractivity contribution in [3.63, 3.8) is 0 Å². The molecule has 2 aromatic carbocycles. The van der Waals surface area contributed by atoms with Gasteiger partial charge < -0.3 is 10.1 Å². The van der Waals surface area contributed by atoms with Gasteiger partial charge in [0.25, 0.3) is 5.91 Å². The molecule has 2 rings (SSSR count). The fourth-order valence-electron chi connectivity index (χ4n) is 2.46.